The van der Waals surface area contributed by atoms with Crippen molar-refractivity contribution in [3.8, 4) is 0 Å². The topological polar surface area (TPSA) is 68.0 Å². The van der Waals surface area contributed by atoms with Crippen molar-refractivity contribution in [1.29, 1.82) is 0 Å². The van der Waals surface area contributed by atoms with Crippen LogP contribution in [0.1, 0.15) is 78.1 Å². The Labute approximate surface area is 213 Å². The van der Waals surface area contributed by atoms with Crippen molar-refractivity contribution >= 4 is 16.8 Å². The number of nitrogens with zero attached hydrogens (tertiary/aromatic N) is 3. The van der Waals surface area contributed by atoms with Crippen LogP contribution in [0.25, 0.3) is 11.0 Å². The van der Waals surface area contributed by atoms with Crippen molar-refractivity contribution in [2.75, 3.05) is 0 Å². The van der Waals surface area contributed by atoms with Gasteiger partial charge in [0.05, 0.1) is 11.1 Å². The molecule has 5 nitrogen and oxygen atoms in total. The molecule has 0 radical (unpaired) electrons. The number of aliphatic hydroxyl groups is 1. The van der Waals surface area contributed by atoms with Crippen LogP contribution in [0, 0.1) is 58.6 Å². The van der Waals surface area contributed by atoms with E-state index >= 15 is 0 Å². The lowest BCUT2D eigenvalue weighted by molar-refractivity contribution is -0.135. The van der Waals surface area contributed by atoms with Gasteiger partial charge in [0.25, 0.3) is 0 Å². The summed E-state index contributed by atoms with van der Waals surface area (Å²) in [4.78, 5) is 14.1. The van der Waals surface area contributed by atoms with Crippen LogP contribution in [0.5, 0.6) is 0 Å². The van der Waals surface area contributed by atoms with Crippen LogP contribution in [0.4, 0.5) is 4.39 Å². The average Bonchev–Trinajstić information content (AvgIpc) is 3.50. The highest BCUT2D eigenvalue weighted by Crippen LogP contribution is 2.70. The maximum atomic E-state index is 14.1. The van der Waals surface area contributed by atoms with E-state index in [-0.39, 0.29) is 29.5 Å². The van der Waals surface area contributed by atoms with E-state index in [0.29, 0.717) is 34.7 Å². The molecule has 0 bridgehead atoms. The fourth-order valence-electron chi connectivity index (χ4n) is 10.8. The Kier molecular flexibility index (Phi) is 5.24. The third-order valence-corrected chi connectivity index (χ3v) is 11.9. The largest absolute Gasteiger partial charge is 0.390 e. The second kappa shape index (κ2) is 8.09. The molecule has 5 fully saturated rings. The zero-order valence-corrected chi connectivity index (χ0v) is 21.7. The summed E-state index contributed by atoms with van der Waals surface area (Å²) in [6, 6.07) is 4.49. The molecule has 194 valence electrons. The number of hydrogen-bond acceptors (Lipinski definition) is 4. The number of hydrogen-bond donors (Lipinski definition) is 1. The zero-order chi connectivity index (χ0) is 24.8. The van der Waals surface area contributed by atoms with Crippen molar-refractivity contribution in [1.82, 2.24) is 15.0 Å². The van der Waals surface area contributed by atoms with Crippen molar-refractivity contribution < 1.29 is 14.3 Å². The number of carbonyl (C=O) groups is 1. The molecule has 10 atom stereocenters. The van der Waals surface area contributed by atoms with E-state index in [1.165, 1.54) is 57.1 Å². The van der Waals surface area contributed by atoms with Gasteiger partial charge in [-0.1, -0.05) is 18.6 Å². The highest BCUT2D eigenvalue weighted by atomic mass is 19.1. The molecule has 6 heteroatoms. The number of ketones is 1. The Morgan fingerprint density at radius 2 is 1.81 bits per heavy atom. The van der Waals surface area contributed by atoms with Gasteiger partial charge in [-0.2, -0.15) is 0 Å². The van der Waals surface area contributed by atoms with Gasteiger partial charge in [-0.15, -0.1) is 5.10 Å². The molecule has 2 aromatic rings. The summed E-state index contributed by atoms with van der Waals surface area (Å²) in [5, 5.41) is 19.2. The molecule has 0 spiro atoms. The third kappa shape index (κ3) is 3.38. The number of rotatable bonds is 3. The molecular formula is C30H40FN3O2. The van der Waals surface area contributed by atoms with Crippen molar-refractivity contribution in [2.24, 2.45) is 52.8 Å². The van der Waals surface area contributed by atoms with Gasteiger partial charge in [-0.05, 0) is 124 Å². The van der Waals surface area contributed by atoms with Crippen molar-refractivity contribution in [3.63, 3.8) is 0 Å². The Balaban J connectivity index is 1.18. The molecule has 1 aromatic heterocycles. The summed E-state index contributed by atoms with van der Waals surface area (Å²) in [7, 11) is 0. The molecule has 0 aliphatic heterocycles. The SMILES string of the molecule is C[C@@]1(O)CC[C@H]2C(CCC3C4[C@@H]5CCC[C@@H]5[C@H](C(=O)Cn5nnc6ccc(F)cc65)[C@@]4(C)CC[C@@H]32)C1. The summed E-state index contributed by atoms with van der Waals surface area (Å²) in [6.07, 6.45) is 11.7. The second-order valence-corrected chi connectivity index (χ2v) is 13.7. The predicted octanol–water partition coefficient (Wildman–Crippen LogP) is 5.80. The fourth-order valence-corrected chi connectivity index (χ4v) is 10.8. The molecule has 36 heavy (non-hydrogen) atoms. The van der Waals surface area contributed by atoms with Gasteiger partial charge in [-0.25, -0.2) is 9.07 Å². The van der Waals surface area contributed by atoms with E-state index in [1.807, 2.05) is 6.92 Å². The number of halogens is 1. The first-order valence-corrected chi connectivity index (χ1v) is 14.5. The Hall–Kier alpha value is -1.82. The fraction of sp³-hybridized carbons (Fsp3) is 0.767. The summed E-state index contributed by atoms with van der Waals surface area (Å²) < 4.78 is 15.6. The molecule has 1 heterocycles. The van der Waals surface area contributed by atoms with Gasteiger partial charge >= 0.3 is 0 Å². The smallest absolute Gasteiger partial charge is 0.158 e. The van der Waals surface area contributed by atoms with Crippen molar-refractivity contribution in [2.45, 2.75) is 90.2 Å². The van der Waals surface area contributed by atoms with Crippen LogP contribution in [-0.2, 0) is 11.3 Å². The van der Waals surface area contributed by atoms with Gasteiger partial charge in [0, 0.05) is 12.0 Å². The Bertz CT molecular complexity index is 1190. The van der Waals surface area contributed by atoms with Crippen LogP contribution in [0.2, 0.25) is 0 Å². The Morgan fingerprint density at radius 1 is 1.03 bits per heavy atom. The zero-order valence-electron chi connectivity index (χ0n) is 21.7. The molecule has 1 N–H and O–H groups in total. The van der Waals surface area contributed by atoms with Gasteiger partial charge in [0.1, 0.15) is 17.9 Å². The summed E-state index contributed by atoms with van der Waals surface area (Å²) in [6.45, 7) is 4.69. The normalized spacial score (nSPS) is 45.7. The molecule has 5 aliphatic rings. The van der Waals surface area contributed by atoms with Crippen molar-refractivity contribution in [3.05, 3.63) is 24.0 Å². The van der Waals surface area contributed by atoms with E-state index in [0.717, 1.165) is 37.0 Å². The second-order valence-electron chi connectivity index (χ2n) is 13.7. The van der Waals surface area contributed by atoms with E-state index in [9.17, 15) is 14.3 Å². The molecule has 0 saturated heterocycles. The van der Waals surface area contributed by atoms with E-state index < -0.39 is 5.60 Å². The maximum absolute atomic E-state index is 14.1. The van der Waals surface area contributed by atoms with E-state index in [1.54, 1.807) is 10.7 Å². The number of Topliss-reactive ketones (excluding diaryl/α,β-unsaturated/α-hetero) is 1. The maximum Gasteiger partial charge on any atom is 0.158 e. The first-order valence-electron chi connectivity index (χ1n) is 14.5. The summed E-state index contributed by atoms with van der Waals surface area (Å²) in [5.74, 6) is 4.80. The number of benzene rings is 1. The lowest BCUT2D eigenvalue weighted by Crippen LogP contribution is -2.52. The Morgan fingerprint density at radius 3 is 2.67 bits per heavy atom. The summed E-state index contributed by atoms with van der Waals surface area (Å²) >= 11 is 0. The van der Waals surface area contributed by atoms with Gasteiger partial charge in [0.15, 0.2) is 5.78 Å². The number of fused-ring (bicyclic) bond motifs is 8. The van der Waals surface area contributed by atoms with Gasteiger partial charge in [0.2, 0.25) is 0 Å². The first-order chi connectivity index (χ1) is 17.2. The monoisotopic (exact) mass is 493 g/mol. The quantitative estimate of drug-likeness (QED) is 0.587. The van der Waals surface area contributed by atoms with Crippen LogP contribution in [-0.4, -0.2) is 31.5 Å². The third-order valence-electron chi connectivity index (χ3n) is 11.9. The molecule has 0 amide bonds. The minimum Gasteiger partial charge on any atom is -0.390 e. The van der Waals surface area contributed by atoms with Crippen LogP contribution in [0.3, 0.4) is 0 Å². The van der Waals surface area contributed by atoms with Crippen LogP contribution >= 0.6 is 0 Å². The predicted molar refractivity (Wildman–Crippen MR) is 135 cm³/mol. The minimum absolute atomic E-state index is 0.0582. The molecular weight excluding hydrogens is 453 g/mol. The lowest BCUT2D eigenvalue weighted by atomic mass is 9.48. The first kappa shape index (κ1) is 23.3. The highest BCUT2D eigenvalue weighted by Gasteiger charge is 2.66. The molecule has 5 aliphatic carbocycles. The van der Waals surface area contributed by atoms with Gasteiger partial charge < -0.3 is 5.11 Å². The number of carbonyl (C=O) groups excluding carboxylic acids is 1. The lowest BCUT2D eigenvalue weighted by Gasteiger charge is -2.57. The average molecular weight is 494 g/mol. The van der Waals surface area contributed by atoms with E-state index in [4.69, 9.17) is 0 Å². The highest BCUT2D eigenvalue weighted by molar-refractivity contribution is 5.84. The standard InChI is InChI=1S/C30H40FN3O2/c1-29(36)12-10-19-17(15-29)6-8-23-20(19)11-13-30(2)27(23)21-4-3-5-22(21)28(30)26(35)16-34-25-14-18(31)7-9-24(25)32-33-34/h7,9,14,17,19-23,27-28,36H,3-6,8,10-13,15-16H2,1-2H3/t17?,19-,20+,21+,22-,23?,27?,28+,29+,30-/m0/s1. The molecule has 3 unspecified atom stereocenters. The van der Waals surface area contributed by atoms with Gasteiger partial charge in [-0.3, -0.25) is 4.79 Å². The van der Waals surface area contributed by atoms with E-state index in [2.05, 4.69) is 17.2 Å². The molecule has 1 aromatic carbocycles. The van der Waals surface area contributed by atoms with Crippen LogP contribution < -0.4 is 0 Å². The summed E-state index contributed by atoms with van der Waals surface area (Å²) in [5.41, 5.74) is 0.832. The van der Waals surface area contributed by atoms with Crippen LogP contribution in [0.15, 0.2) is 18.2 Å². The number of aromatic nitrogens is 3. The molecule has 7 rings (SSSR count). The minimum atomic E-state index is -0.479. The molecule has 5 saturated carbocycles.